The van der Waals surface area contributed by atoms with E-state index in [0.29, 0.717) is 11.4 Å². The van der Waals surface area contributed by atoms with Crippen molar-refractivity contribution >= 4 is 22.2 Å². The molecule has 0 saturated carbocycles. The average Bonchev–Trinajstić information content (AvgIpc) is 3.05. The third-order valence-electron chi connectivity index (χ3n) is 3.58. The molecule has 128 valence electrons. The number of carbonyl (C=O) groups is 1. The highest BCUT2D eigenvalue weighted by Crippen LogP contribution is 2.24. The van der Waals surface area contributed by atoms with Gasteiger partial charge in [0.25, 0.3) is 5.91 Å². The molecule has 1 aromatic heterocycles. The van der Waals surface area contributed by atoms with Gasteiger partial charge in [0.15, 0.2) is 0 Å². The van der Waals surface area contributed by atoms with E-state index in [1.807, 2.05) is 43.3 Å². The number of hydrogen-bond donors (Lipinski definition) is 1. The molecule has 1 aromatic carbocycles. The molecule has 0 aliphatic heterocycles. The number of amides is 1. The monoisotopic (exact) mass is 349 g/mol. The first-order chi connectivity index (χ1) is 11.4. The van der Waals surface area contributed by atoms with Crippen molar-refractivity contribution in [2.75, 3.05) is 27.7 Å². The fourth-order valence-electron chi connectivity index (χ4n) is 2.25. The SMILES string of the molecule is COc1ccc([C@H](CNC(=O)c2ccc([N+](=O)[O-])s2)N(C)C)cc1. The van der Waals surface area contributed by atoms with Crippen LogP contribution in [0.4, 0.5) is 5.00 Å². The summed E-state index contributed by atoms with van der Waals surface area (Å²) >= 11 is 0.869. The predicted octanol–water partition coefficient (Wildman–Crippen LogP) is 2.70. The van der Waals surface area contributed by atoms with Crippen molar-refractivity contribution in [3.63, 3.8) is 0 Å². The second-order valence-corrected chi connectivity index (χ2v) is 6.42. The first-order valence-electron chi connectivity index (χ1n) is 7.25. The molecule has 8 heteroatoms. The Bertz CT molecular complexity index is 712. The second kappa shape index (κ2) is 7.89. The zero-order valence-corrected chi connectivity index (χ0v) is 14.5. The van der Waals surface area contributed by atoms with E-state index in [9.17, 15) is 14.9 Å². The molecule has 0 saturated heterocycles. The summed E-state index contributed by atoms with van der Waals surface area (Å²) in [6.07, 6.45) is 0. The molecular weight excluding hydrogens is 330 g/mol. The lowest BCUT2D eigenvalue weighted by atomic mass is 10.1. The Morgan fingerprint density at radius 2 is 1.96 bits per heavy atom. The molecule has 0 bridgehead atoms. The maximum Gasteiger partial charge on any atom is 0.324 e. The predicted molar refractivity (Wildman–Crippen MR) is 92.7 cm³/mol. The van der Waals surface area contributed by atoms with E-state index in [2.05, 4.69) is 5.32 Å². The molecule has 1 N–H and O–H groups in total. The average molecular weight is 349 g/mol. The Morgan fingerprint density at radius 3 is 2.46 bits per heavy atom. The van der Waals surface area contributed by atoms with Crippen LogP contribution in [0.3, 0.4) is 0 Å². The van der Waals surface area contributed by atoms with Crippen molar-refractivity contribution in [1.29, 1.82) is 0 Å². The summed E-state index contributed by atoms with van der Waals surface area (Å²) in [5.74, 6) is 0.458. The summed E-state index contributed by atoms with van der Waals surface area (Å²) < 4.78 is 5.15. The molecule has 0 aliphatic rings. The van der Waals surface area contributed by atoms with Crippen LogP contribution < -0.4 is 10.1 Å². The fourth-order valence-corrected chi connectivity index (χ4v) is 2.99. The van der Waals surface area contributed by atoms with Crippen LogP contribution >= 0.6 is 11.3 Å². The normalized spacial score (nSPS) is 12.0. The first-order valence-corrected chi connectivity index (χ1v) is 8.07. The van der Waals surface area contributed by atoms with Crippen molar-refractivity contribution in [2.24, 2.45) is 0 Å². The molecule has 0 spiro atoms. The van der Waals surface area contributed by atoms with E-state index in [1.54, 1.807) is 7.11 Å². The smallest absolute Gasteiger partial charge is 0.324 e. The number of benzene rings is 1. The first kappa shape index (κ1) is 17.9. The summed E-state index contributed by atoms with van der Waals surface area (Å²) in [5.41, 5.74) is 1.04. The molecule has 2 rings (SSSR count). The van der Waals surface area contributed by atoms with Crippen molar-refractivity contribution in [1.82, 2.24) is 10.2 Å². The third-order valence-corrected chi connectivity index (χ3v) is 4.61. The Morgan fingerprint density at radius 1 is 1.29 bits per heavy atom. The van der Waals surface area contributed by atoms with Gasteiger partial charge in [0.1, 0.15) is 5.75 Å². The Kier molecular flexibility index (Phi) is 5.88. The van der Waals surface area contributed by atoms with Gasteiger partial charge in [0.2, 0.25) is 0 Å². The molecule has 24 heavy (non-hydrogen) atoms. The zero-order chi connectivity index (χ0) is 17.7. The van der Waals surface area contributed by atoms with E-state index in [1.165, 1.54) is 12.1 Å². The number of rotatable bonds is 7. The van der Waals surface area contributed by atoms with Gasteiger partial charge in [-0.3, -0.25) is 14.9 Å². The summed E-state index contributed by atoms with van der Waals surface area (Å²) in [4.78, 5) is 24.7. The van der Waals surface area contributed by atoms with E-state index >= 15 is 0 Å². The van der Waals surface area contributed by atoms with Gasteiger partial charge in [-0.05, 0) is 37.9 Å². The van der Waals surface area contributed by atoms with Gasteiger partial charge in [0.05, 0.1) is 23.0 Å². The Hall–Kier alpha value is -2.45. The van der Waals surface area contributed by atoms with Crippen LogP contribution in [-0.4, -0.2) is 43.5 Å². The highest BCUT2D eigenvalue weighted by Gasteiger charge is 2.18. The standard InChI is InChI=1S/C16H19N3O4S/c1-18(2)13(11-4-6-12(23-3)7-5-11)10-17-16(20)14-8-9-15(24-14)19(21)22/h4-9,13H,10H2,1-3H3,(H,17,20)/t13-/m0/s1. The largest absolute Gasteiger partial charge is 0.497 e. The number of nitrogens with one attached hydrogen (secondary N) is 1. The van der Waals surface area contributed by atoms with E-state index in [0.717, 1.165) is 22.6 Å². The van der Waals surface area contributed by atoms with Crippen LogP contribution in [0, 0.1) is 10.1 Å². The van der Waals surface area contributed by atoms with Gasteiger partial charge in [-0.1, -0.05) is 23.5 Å². The number of nitro groups is 1. The summed E-state index contributed by atoms with van der Waals surface area (Å²) in [7, 11) is 5.47. The van der Waals surface area contributed by atoms with Crippen molar-refractivity contribution in [3.8, 4) is 5.75 Å². The van der Waals surface area contributed by atoms with Gasteiger partial charge in [-0.25, -0.2) is 0 Å². The Labute approximate surface area is 144 Å². The van der Waals surface area contributed by atoms with Crippen molar-refractivity contribution in [2.45, 2.75) is 6.04 Å². The van der Waals surface area contributed by atoms with Crippen LogP contribution in [0.5, 0.6) is 5.75 Å². The molecule has 1 heterocycles. The molecule has 0 aliphatic carbocycles. The molecule has 7 nitrogen and oxygen atoms in total. The molecular formula is C16H19N3O4S. The lowest BCUT2D eigenvalue weighted by Crippen LogP contribution is -2.34. The maximum atomic E-state index is 12.2. The molecule has 2 aromatic rings. The zero-order valence-electron chi connectivity index (χ0n) is 13.7. The van der Waals surface area contributed by atoms with Gasteiger partial charge in [-0.15, -0.1) is 0 Å². The number of nitrogens with zero attached hydrogens (tertiary/aromatic N) is 2. The minimum absolute atomic E-state index is 0.0187. The summed E-state index contributed by atoms with van der Waals surface area (Å²) in [6, 6.07) is 10.4. The number of thiophene rings is 1. The molecule has 1 amide bonds. The lowest BCUT2D eigenvalue weighted by Gasteiger charge is -2.25. The number of likely N-dealkylation sites (N-methyl/N-ethyl adjacent to an activating group) is 1. The second-order valence-electron chi connectivity index (χ2n) is 5.36. The fraction of sp³-hybridized carbons (Fsp3) is 0.312. The van der Waals surface area contributed by atoms with Crippen LogP contribution in [0.1, 0.15) is 21.3 Å². The Balaban J connectivity index is 2.04. The third kappa shape index (κ3) is 4.30. The molecule has 0 unspecified atom stereocenters. The number of hydrogen-bond acceptors (Lipinski definition) is 6. The van der Waals surface area contributed by atoms with Crippen LogP contribution in [-0.2, 0) is 0 Å². The lowest BCUT2D eigenvalue weighted by molar-refractivity contribution is -0.380. The number of methoxy groups -OCH3 is 1. The van der Waals surface area contributed by atoms with Crippen molar-refractivity contribution < 1.29 is 14.5 Å². The van der Waals surface area contributed by atoms with Gasteiger partial charge in [0, 0.05) is 12.6 Å². The number of carbonyl (C=O) groups excluding carboxylic acids is 1. The highest BCUT2D eigenvalue weighted by molar-refractivity contribution is 7.17. The number of ether oxygens (including phenoxy) is 1. The quantitative estimate of drug-likeness (QED) is 0.614. The van der Waals surface area contributed by atoms with E-state index < -0.39 is 4.92 Å². The molecule has 0 fully saturated rings. The van der Waals surface area contributed by atoms with Crippen molar-refractivity contribution in [3.05, 3.63) is 57.0 Å². The van der Waals surface area contributed by atoms with E-state index in [4.69, 9.17) is 4.74 Å². The topological polar surface area (TPSA) is 84.7 Å². The van der Waals surface area contributed by atoms with Crippen LogP contribution in [0.25, 0.3) is 0 Å². The minimum Gasteiger partial charge on any atom is -0.497 e. The molecule has 1 atom stereocenters. The highest BCUT2D eigenvalue weighted by atomic mass is 32.1. The van der Waals surface area contributed by atoms with Gasteiger partial charge in [-0.2, -0.15) is 0 Å². The maximum absolute atomic E-state index is 12.2. The minimum atomic E-state index is -0.499. The van der Waals surface area contributed by atoms with Gasteiger partial charge >= 0.3 is 5.00 Å². The summed E-state index contributed by atoms with van der Waals surface area (Å²) in [6.45, 7) is 0.393. The molecule has 0 radical (unpaired) electrons. The van der Waals surface area contributed by atoms with E-state index in [-0.39, 0.29) is 17.0 Å². The van der Waals surface area contributed by atoms with Crippen LogP contribution in [0.2, 0.25) is 0 Å². The van der Waals surface area contributed by atoms with Crippen LogP contribution in [0.15, 0.2) is 36.4 Å². The van der Waals surface area contributed by atoms with Gasteiger partial charge < -0.3 is 15.0 Å². The summed E-state index contributed by atoms with van der Waals surface area (Å²) in [5, 5.41) is 13.5.